The number of hydrogen-bond donors (Lipinski definition) is 0. The number of alkyl halides is 1. The van der Waals surface area contributed by atoms with Gasteiger partial charge in [-0.25, -0.2) is 0 Å². The van der Waals surface area contributed by atoms with E-state index in [1.807, 2.05) is 11.0 Å². The molecule has 2 rings (SSSR count). The zero-order chi connectivity index (χ0) is 12.1. The van der Waals surface area contributed by atoms with Crippen LogP contribution in [0.25, 0.3) is 0 Å². The van der Waals surface area contributed by atoms with Gasteiger partial charge in [0.2, 0.25) is 5.91 Å². The van der Waals surface area contributed by atoms with Crippen LogP contribution >= 0.6 is 11.6 Å². The molecule has 0 unspecified atom stereocenters. The van der Waals surface area contributed by atoms with Gasteiger partial charge in [0, 0.05) is 32.7 Å². The molecule has 1 saturated heterocycles. The van der Waals surface area contributed by atoms with Crippen molar-refractivity contribution in [3.8, 4) is 0 Å². The Bertz CT molecular complexity index is 361. The molecule has 1 aromatic rings. The van der Waals surface area contributed by atoms with Crippen LogP contribution in [0.1, 0.15) is 5.56 Å². The zero-order valence-electron chi connectivity index (χ0n) is 9.81. The third-order valence-corrected chi connectivity index (χ3v) is 3.32. The van der Waals surface area contributed by atoms with Gasteiger partial charge in [-0.15, -0.1) is 11.6 Å². The van der Waals surface area contributed by atoms with Crippen molar-refractivity contribution in [2.45, 2.75) is 6.54 Å². The molecule has 0 aromatic heterocycles. The first kappa shape index (κ1) is 12.4. The number of benzene rings is 1. The Kier molecular flexibility index (Phi) is 4.40. The summed E-state index contributed by atoms with van der Waals surface area (Å²) in [6, 6.07) is 10.4. The van der Waals surface area contributed by atoms with Crippen LogP contribution in [0.15, 0.2) is 30.3 Å². The highest BCUT2D eigenvalue weighted by molar-refractivity contribution is 6.27. The molecule has 0 aliphatic carbocycles. The van der Waals surface area contributed by atoms with E-state index in [9.17, 15) is 4.79 Å². The van der Waals surface area contributed by atoms with Crippen molar-refractivity contribution < 1.29 is 4.79 Å². The minimum atomic E-state index is 0.0472. The van der Waals surface area contributed by atoms with Crippen molar-refractivity contribution in [2.24, 2.45) is 0 Å². The smallest absolute Gasteiger partial charge is 0.237 e. The van der Waals surface area contributed by atoms with E-state index in [2.05, 4.69) is 29.2 Å². The Balaban J connectivity index is 1.82. The van der Waals surface area contributed by atoms with Crippen molar-refractivity contribution in [1.29, 1.82) is 0 Å². The van der Waals surface area contributed by atoms with Crippen LogP contribution in [-0.4, -0.2) is 47.8 Å². The van der Waals surface area contributed by atoms with E-state index in [1.165, 1.54) is 5.56 Å². The third kappa shape index (κ3) is 3.45. The Morgan fingerprint density at radius 3 is 2.35 bits per heavy atom. The quantitative estimate of drug-likeness (QED) is 0.763. The molecule has 0 spiro atoms. The van der Waals surface area contributed by atoms with Crippen LogP contribution in [0.4, 0.5) is 0 Å². The largest absolute Gasteiger partial charge is 0.339 e. The molecular formula is C13H17ClN2O. The summed E-state index contributed by atoms with van der Waals surface area (Å²) in [5, 5.41) is 0. The number of amides is 1. The van der Waals surface area contributed by atoms with E-state index < -0.39 is 0 Å². The molecule has 0 N–H and O–H groups in total. The summed E-state index contributed by atoms with van der Waals surface area (Å²) in [4.78, 5) is 15.6. The summed E-state index contributed by atoms with van der Waals surface area (Å²) < 4.78 is 0. The monoisotopic (exact) mass is 252 g/mol. The van der Waals surface area contributed by atoms with Crippen LogP contribution in [0.2, 0.25) is 0 Å². The number of rotatable bonds is 3. The predicted octanol–water partition coefficient (Wildman–Crippen LogP) is 1.57. The maximum absolute atomic E-state index is 11.4. The van der Waals surface area contributed by atoms with Crippen LogP contribution in [0.3, 0.4) is 0 Å². The van der Waals surface area contributed by atoms with Crippen molar-refractivity contribution >= 4 is 17.5 Å². The van der Waals surface area contributed by atoms with Gasteiger partial charge in [-0.3, -0.25) is 9.69 Å². The zero-order valence-corrected chi connectivity index (χ0v) is 10.6. The van der Waals surface area contributed by atoms with E-state index in [0.717, 1.165) is 32.7 Å². The molecule has 1 heterocycles. The molecular weight excluding hydrogens is 236 g/mol. The molecule has 17 heavy (non-hydrogen) atoms. The molecule has 4 heteroatoms. The average Bonchev–Trinajstić information content (AvgIpc) is 2.40. The fourth-order valence-corrected chi connectivity index (χ4v) is 2.25. The minimum absolute atomic E-state index is 0.0472. The highest BCUT2D eigenvalue weighted by Gasteiger charge is 2.19. The lowest BCUT2D eigenvalue weighted by Gasteiger charge is -2.34. The Morgan fingerprint density at radius 2 is 1.76 bits per heavy atom. The number of piperazine rings is 1. The lowest BCUT2D eigenvalue weighted by atomic mass is 10.2. The fraction of sp³-hybridized carbons (Fsp3) is 0.462. The first-order valence-electron chi connectivity index (χ1n) is 5.89. The van der Waals surface area contributed by atoms with Gasteiger partial charge in [-0.1, -0.05) is 30.3 Å². The summed E-state index contributed by atoms with van der Waals surface area (Å²) in [7, 11) is 0. The Labute approximate surface area is 107 Å². The Morgan fingerprint density at radius 1 is 1.12 bits per heavy atom. The van der Waals surface area contributed by atoms with E-state index in [4.69, 9.17) is 11.6 Å². The second-order valence-corrected chi connectivity index (χ2v) is 4.54. The number of halogens is 1. The maximum Gasteiger partial charge on any atom is 0.237 e. The number of hydrogen-bond acceptors (Lipinski definition) is 2. The van der Waals surface area contributed by atoms with Gasteiger partial charge in [0.05, 0.1) is 0 Å². The van der Waals surface area contributed by atoms with Gasteiger partial charge in [0.15, 0.2) is 0 Å². The third-order valence-electron chi connectivity index (χ3n) is 3.09. The summed E-state index contributed by atoms with van der Waals surface area (Å²) in [6.45, 7) is 4.40. The molecule has 1 aliphatic rings. The first-order chi connectivity index (χ1) is 8.29. The van der Waals surface area contributed by atoms with Crippen molar-refractivity contribution in [3.05, 3.63) is 35.9 Å². The van der Waals surface area contributed by atoms with Gasteiger partial charge in [0.1, 0.15) is 5.88 Å². The van der Waals surface area contributed by atoms with Crippen LogP contribution < -0.4 is 0 Å². The standard InChI is InChI=1S/C13H17ClN2O/c14-10-13(17)16-8-6-15(7-9-16)11-12-4-2-1-3-5-12/h1-5H,6-11H2. The van der Waals surface area contributed by atoms with Crippen LogP contribution in [-0.2, 0) is 11.3 Å². The highest BCUT2D eigenvalue weighted by atomic mass is 35.5. The fourth-order valence-electron chi connectivity index (χ4n) is 2.08. The van der Waals surface area contributed by atoms with Gasteiger partial charge in [0.25, 0.3) is 0 Å². The topological polar surface area (TPSA) is 23.6 Å². The molecule has 1 amide bonds. The number of nitrogens with zero attached hydrogens (tertiary/aromatic N) is 2. The van der Waals surface area contributed by atoms with E-state index in [0.29, 0.717) is 0 Å². The number of carbonyl (C=O) groups is 1. The van der Waals surface area contributed by atoms with Gasteiger partial charge >= 0.3 is 0 Å². The number of carbonyl (C=O) groups excluding carboxylic acids is 1. The van der Waals surface area contributed by atoms with E-state index >= 15 is 0 Å². The molecule has 1 aliphatic heterocycles. The second kappa shape index (κ2) is 6.03. The first-order valence-corrected chi connectivity index (χ1v) is 6.43. The normalized spacial score (nSPS) is 17.1. The van der Waals surface area contributed by atoms with Crippen molar-refractivity contribution in [3.63, 3.8) is 0 Å². The molecule has 0 radical (unpaired) electrons. The Hall–Kier alpha value is -1.06. The SMILES string of the molecule is O=C(CCl)N1CCN(Cc2ccccc2)CC1. The average molecular weight is 253 g/mol. The van der Waals surface area contributed by atoms with Gasteiger partial charge in [-0.05, 0) is 5.56 Å². The van der Waals surface area contributed by atoms with Crippen molar-refractivity contribution in [1.82, 2.24) is 9.80 Å². The summed E-state index contributed by atoms with van der Waals surface area (Å²) in [6.07, 6.45) is 0. The van der Waals surface area contributed by atoms with Gasteiger partial charge < -0.3 is 4.90 Å². The summed E-state index contributed by atoms with van der Waals surface area (Å²) in [5.74, 6) is 0.143. The highest BCUT2D eigenvalue weighted by Crippen LogP contribution is 2.08. The van der Waals surface area contributed by atoms with Gasteiger partial charge in [-0.2, -0.15) is 0 Å². The molecule has 92 valence electrons. The molecule has 1 fully saturated rings. The van der Waals surface area contributed by atoms with Crippen LogP contribution in [0, 0.1) is 0 Å². The molecule has 1 aromatic carbocycles. The lowest BCUT2D eigenvalue weighted by Crippen LogP contribution is -2.48. The second-order valence-electron chi connectivity index (χ2n) is 4.28. The summed E-state index contributed by atoms with van der Waals surface area (Å²) >= 11 is 5.55. The predicted molar refractivity (Wildman–Crippen MR) is 69.0 cm³/mol. The maximum atomic E-state index is 11.4. The van der Waals surface area contributed by atoms with E-state index in [-0.39, 0.29) is 11.8 Å². The molecule has 0 saturated carbocycles. The molecule has 0 atom stereocenters. The lowest BCUT2D eigenvalue weighted by molar-refractivity contribution is -0.130. The van der Waals surface area contributed by atoms with Crippen molar-refractivity contribution in [2.75, 3.05) is 32.1 Å². The van der Waals surface area contributed by atoms with Crippen LogP contribution in [0.5, 0.6) is 0 Å². The minimum Gasteiger partial charge on any atom is -0.339 e. The molecule has 0 bridgehead atoms. The summed E-state index contributed by atoms with van der Waals surface area (Å²) in [5.41, 5.74) is 1.32. The van der Waals surface area contributed by atoms with E-state index in [1.54, 1.807) is 0 Å². The molecule has 3 nitrogen and oxygen atoms in total.